The van der Waals surface area contributed by atoms with Crippen molar-refractivity contribution in [1.82, 2.24) is 4.98 Å². The Labute approximate surface area is 84.2 Å². The highest BCUT2D eigenvalue weighted by Crippen LogP contribution is 2.34. The molecule has 3 heteroatoms. The van der Waals surface area contributed by atoms with Gasteiger partial charge in [0.1, 0.15) is 5.82 Å². The van der Waals surface area contributed by atoms with Crippen LogP contribution in [0.25, 0.3) is 0 Å². The minimum Gasteiger partial charge on any atom is -0.394 e. The maximum atomic E-state index is 9.28. The van der Waals surface area contributed by atoms with Gasteiger partial charge in [0, 0.05) is 6.20 Å². The van der Waals surface area contributed by atoms with Crippen LogP contribution in [0.4, 0.5) is 5.82 Å². The summed E-state index contributed by atoms with van der Waals surface area (Å²) in [6, 6.07) is 3.98. The average molecular weight is 192 g/mol. The van der Waals surface area contributed by atoms with Crippen molar-refractivity contribution in [2.24, 2.45) is 0 Å². The van der Waals surface area contributed by atoms with Crippen LogP contribution in [0.15, 0.2) is 18.3 Å². The molecule has 2 N–H and O–H groups in total. The molecule has 0 bridgehead atoms. The van der Waals surface area contributed by atoms with E-state index in [1.165, 1.54) is 12.0 Å². The van der Waals surface area contributed by atoms with Gasteiger partial charge in [0.05, 0.1) is 12.1 Å². The molecule has 1 aromatic rings. The van der Waals surface area contributed by atoms with E-state index in [4.69, 9.17) is 0 Å². The maximum absolute atomic E-state index is 9.28. The monoisotopic (exact) mass is 192 g/mol. The molecule has 1 fully saturated rings. The van der Waals surface area contributed by atoms with Crippen LogP contribution < -0.4 is 5.32 Å². The van der Waals surface area contributed by atoms with E-state index in [0.717, 1.165) is 18.7 Å². The highest BCUT2D eigenvalue weighted by molar-refractivity contribution is 5.40. The van der Waals surface area contributed by atoms with E-state index in [-0.39, 0.29) is 12.1 Å². The zero-order valence-electron chi connectivity index (χ0n) is 8.45. The summed E-state index contributed by atoms with van der Waals surface area (Å²) in [6.45, 7) is 2.24. The van der Waals surface area contributed by atoms with E-state index < -0.39 is 0 Å². The van der Waals surface area contributed by atoms with Crippen molar-refractivity contribution in [3.63, 3.8) is 0 Å². The average Bonchev–Trinajstić information content (AvgIpc) is 2.11. The Balaban J connectivity index is 2.09. The topological polar surface area (TPSA) is 45.2 Å². The smallest absolute Gasteiger partial charge is 0.126 e. The van der Waals surface area contributed by atoms with Gasteiger partial charge < -0.3 is 10.4 Å². The lowest BCUT2D eigenvalue weighted by molar-refractivity contribution is 0.144. The number of aryl methyl sites for hydroxylation is 1. The van der Waals surface area contributed by atoms with E-state index in [2.05, 4.69) is 10.3 Å². The van der Waals surface area contributed by atoms with Gasteiger partial charge in [-0.15, -0.1) is 0 Å². The molecule has 0 radical (unpaired) electrons. The Morgan fingerprint density at radius 3 is 2.86 bits per heavy atom. The van der Waals surface area contributed by atoms with E-state index in [9.17, 15) is 5.11 Å². The van der Waals surface area contributed by atoms with Crippen LogP contribution in [0.5, 0.6) is 0 Å². The quantitative estimate of drug-likeness (QED) is 0.766. The van der Waals surface area contributed by atoms with E-state index in [1.54, 1.807) is 6.20 Å². The van der Waals surface area contributed by atoms with Crippen molar-refractivity contribution < 1.29 is 5.11 Å². The first-order valence-electron chi connectivity index (χ1n) is 5.06. The summed E-state index contributed by atoms with van der Waals surface area (Å²) >= 11 is 0. The first-order valence-corrected chi connectivity index (χ1v) is 5.06. The predicted molar refractivity (Wildman–Crippen MR) is 56.3 cm³/mol. The van der Waals surface area contributed by atoms with Crippen LogP contribution in [0, 0.1) is 6.92 Å². The largest absolute Gasteiger partial charge is 0.394 e. The second kappa shape index (κ2) is 3.58. The number of aromatic nitrogens is 1. The molecule has 0 aromatic carbocycles. The third-order valence-corrected chi connectivity index (χ3v) is 2.92. The molecule has 1 saturated carbocycles. The SMILES string of the molecule is Cc1ccnc(NC2(CO)CCC2)c1. The Morgan fingerprint density at radius 2 is 2.36 bits per heavy atom. The van der Waals surface area contributed by atoms with Crippen LogP contribution in [0.3, 0.4) is 0 Å². The van der Waals surface area contributed by atoms with Crippen molar-refractivity contribution in [3.05, 3.63) is 23.9 Å². The fraction of sp³-hybridized carbons (Fsp3) is 0.545. The zero-order valence-corrected chi connectivity index (χ0v) is 8.45. The first-order chi connectivity index (χ1) is 6.74. The minimum atomic E-state index is -0.0964. The first kappa shape index (κ1) is 9.46. The summed E-state index contributed by atoms with van der Waals surface area (Å²) in [5.74, 6) is 0.874. The van der Waals surface area contributed by atoms with Gasteiger partial charge in [0.15, 0.2) is 0 Å². The minimum absolute atomic E-state index is 0.0964. The number of nitrogens with one attached hydrogen (secondary N) is 1. The van der Waals surface area contributed by atoms with Crippen molar-refractivity contribution in [1.29, 1.82) is 0 Å². The molecule has 76 valence electrons. The molecule has 0 amide bonds. The highest BCUT2D eigenvalue weighted by Gasteiger charge is 2.36. The number of anilines is 1. The molecule has 1 aliphatic rings. The van der Waals surface area contributed by atoms with Gasteiger partial charge in [-0.3, -0.25) is 0 Å². The Bertz CT molecular complexity index is 315. The number of aliphatic hydroxyl groups is 1. The van der Waals surface area contributed by atoms with Crippen molar-refractivity contribution in [2.45, 2.75) is 31.7 Å². The lowest BCUT2D eigenvalue weighted by atomic mass is 9.77. The number of aliphatic hydroxyl groups excluding tert-OH is 1. The number of hydrogen-bond donors (Lipinski definition) is 2. The standard InChI is InChI=1S/C11H16N2O/c1-9-3-6-12-10(7-9)13-11(8-14)4-2-5-11/h3,6-7,14H,2,4-5,8H2,1H3,(H,12,13). The third kappa shape index (κ3) is 1.73. The van der Waals surface area contributed by atoms with Crippen LogP contribution in [0.2, 0.25) is 0 Å². The summed E-state index contributed by atoms with van der Waals surface area (Å²) in [7, 11) is 0. The van der Waals surface area contributed by atoms with Crippen molar-refractivity contribution in [2.75, 3.05) is 11.9 Å². The van der Waals surface area contributed by atoms with Crippen LogP contribution in [0.1, 0.15) is 24.8 Å². The van der Waals surface area contributed by atoms with E-state index >= 15 is 0 Å². The summed E-state index contributed by atoms with van der Waals surface area (Å²) in [4.78, 5) is 4.23. The number of hydrogen-bond acceptors (Lipinski definition) is 3. The molecular formula is C11H16N2O. The fourth-order valence-corrected chi connectivity index (χ4v) is 1.80. The zero-order chi connectivity index (χ0) is 10.0. The summed E-state index contributed by atoms with van der Waals surface area (Å²) in [5.41, 5.74) is 1.09. The normalized spacial score (nSPS) is 18.7. The molecule has 14 heavy (non-hydrogen) atoms. The summed E-state index contributed by atoms with van der Waals surface area (Å²) < 4.78 is 0. The van der Waals surface area contributed by atoms with Crippen LogP contribution in [-0.2, 0) is 0 Å². The molecule has 1 aromatic heterocycles. The third-order valence-electron chi connectivity index (χ3n) is 2.92. The van der Waals surface area contributed by atoms with Gasteiger partial charge in [-0.05, 0) is 43.9 Å². The molecule has 1 heterocycles. The maximum Gasteiger partial charge on any atom is 0.126 e. The number of nitrogens with zero attached hydrogens (tertiary/aromatic N) is 1. The van der Waals surface area contributed by atoms with Crippen molar-refractivity contribution in [3.8, 4) is 0 Å². The molecular weight excluding hydrogens is 176 g/mol. The molecule has 0 unspecified atom stereocenters. The van der Waals surface area contributed by atoms with Gasteiger partial charge in [-0.25, -0.2) is 4.98 Å². The van der Waals surface area contributed by atoms with Gasteiger partial charge >= 0.3 is 0 Å². The van der Waals surface area contributed by atoms with Gasteiger partial charge in [-0.2, -0.15) is 0 Å². The highest BCUT2D eigenvalue weighted by atomic mass is 16.3. The lowest BCUT2D eigenvalue weighted by Gasteiger charge is -2.41. The molecule has 0 aliphatic heterocycles. The van der Waals surface area contributed by atoms with Gasteiger partial charge in [-0.1, -0.05) is 0 Å². The summed E-state index contributed by atoms with van der Waals surface area (Å²) in [6.07, 6.45) is 5.07. The predicted octanol–water partition coefficient (Wildman–Crippen LogP) is 1.72. The van der Waals surface area contributed by atoms with Crippen molar-refractivity contribution >= 4 is 5.82 Å². The van der Waals surface area contributed by atoms with Gasteiger partial charge in [0.2, 0.25) is 0 Å². The van der Waals surface area contributed by atoms with Crippen LogP contribution in [-0.4, -0.2) is 22.2 Å². The Hall–Kier alpha value is -1.09. The Kier molecular flexibility index (Phi) is 2.42. The second-order valence-corrected chi connectivity index (χ2v) is 4.14. The second-order valence-electron chi connectivity index (χ2n) is 4.14. The van der Waals surface area contributed by atoms with Gasteiger partial charge in [0.25, 0.3) is 0 Å². The summed E-state index contributed by atoms with van der Waals surface area (Å²) in [5, 5.41) is 12.6. The Morgan fingerprint density at radius 1 is 1.57 bits per heavy atom. The number of pyridine rings is 1. The molecule has 1 aliphatic carbocycles. The molecule has 0 atom stereocenters. The lowest BCUT2D eigenvalue weighted by Crippen LogP contribution is -2.48. The molecule has 0 saturated heterocycles. The molecule has 2 rings (SSSR count). The van der Waals surface area contributed by atoms with Crippen LogP contribution >= 0.6 is 0 Å². The van der Waals surface area contributed by atoms with E-state index in [0.29, 0.717) is 0 Å². The molecule has 0 spiro atoms. The van der Waals surface area contributed by atoms with E-state index in [1.807, 2.05) is 19.1 Å². The number of rotatable bonds is 3. The molecule has 3 nitrogen and oxygen atoms in total. The fourth-order valence-electron chi connectivity index (χ4n) is 1.80.